The molecule has 16 nitrogen and oxygen atoms in total. The smallest absolute Gasteiger partial charge is 0.329 e. The fraction of sp³-hybridized carbons (Fsp3) is 0.678. The molecule has 1 unspecified atom stereocenters. The number of esters is 1. The van der Waals surface area contributed by atoms with E-state index in [0.717, 1.165) is 5.57 Å². The van der Waals surface area contributed by atoms with Crippen LogP contribution in [0.1, 0.15) is 137 Å². The lowest BCUT2D eigenvalue weighted by Gasteiger charge is -2.43. The van der Waals surface area contributed by atoms with E-state index in [1.165, 1.54) is 12.0 Å². The maximum Gasteiger partial charge on any atom is 0.329 e. The van der Waals surface area contributed by atoms with E-state index in [0.29, 0.717) is 86.2 Å². The van der Waals surface area contributed by atoms with Crippen LogP contribution in [0.5, 0.6) is 17.2 Å². The number of amides is 1. The Balaban J connectivity index is 1.56. The number of hydrogen-bond donors (Lipinski definition) is 3. The van der Waals surface area contributed by atoms with Crippen molar-refractivity contribution in [2.45, 2.75) is 180 Å². The van der Waals surface area contributed by atoms with E-state index in [4.69, 9.17) is 33.2 Å². The minimum atomic E-state index is -2.52. The van der Waals surface area contributed by atoms with Crippen molar-refractivity contribution >= 4 is 29.2 Å². The Morgan fingerprint density at radius 2 is 1.49 bits per heavy atom. The fourth-order valence-corrected chi connectivity index (χ4v) is 11.6. The summed E-state index contributed by atoms with van der Waals surface area (Å²) in [5.74, 6) is -7.38. The van der Waals surface area contributed by atoms with Gasteiger partial charge in [0.05, 0.1) is 39.6 Å². The number of methoxy groups -OCH3 is 5. The molecule has 4 aliphatic rings. The van der Waals surface area contributed by atoms with Gasteiger partial charge in [0.1, 0.15) is 47.4 Å². The van der Waals surface area contributed by atoms with Crippen LogP contribution in [0.4, 0.5) is 0 Å². The lowest BCUT2D eigenvalue weighted by Crippen LogP contribution is -2.60. The Hall–Kier alpha value is -4.71. The van der Waals surface area contributed by atoms with Crippen LogP contribution >= 0.6 is 0 Å². The van der Waals surface area contributed by atoms with Gasteiger partial charge >= 0.3 is 5.97 Å². The first-order valence-electron chi connectivity index (χ1n) is 27.1. The maximum atomic E-state index is 14.6. The van der Waals surface area contributed by atoms with Gasteiger partial charge in [0.25, 0.3) is 11.7 Å². The second-order valence-electron chi connectivity index (χ2n) is 21.9. The monoisotopic (exact) mass is 1050 g/mol. The highest BCUT2D eigenvalue weighted by Gasteiger charge is 2.53. The summed E-state index contributed by atoms with van der Waals surface area (Å²) in [6.07, 6.45) is 11.0. The zero-order chi connectivity index (χ0) is 55.3. The van der Waals surface area contributed by atoms with Crippen molar-refractivity contribution < 1.29 is 72.5 Å². The van der Waals surface area contributed by atoms with Crippen molar-refractivity contribution in [3.05, 3.63) is 65.3 Å². The number of Topliss-reactive ketones (excluding diaryl/α,β-unsaturated/α-hetero) is 3. The summed E-state index contributed by atoms with van der Waals surface area (Å²) in [5, 5.41) is 34.5. The van der Waals surface area contributed by atoms with Crippen molar-refractivity contribution in [1.82, 2.24) is 4.90 Å². The molecule has 418 valence electrons. The Bertz CT molecular complexity index is 2230. The number of benzene rings is 1. The average Bonchev–Trinajstić information content (AvgIpc) is 3.40. The van der Waals surface area contributed by atoms with Gasteiger partial charge in [-0.15, -0.1) is 0 Å². The number of ketones is 3. The Labute approximate surface area is 445 Å². The zero-order valence-corrected chi connectivity index (χ0v) is 46.6. The molecule has 5 rings (SSSR count). The standard InChI is InChI=1S/C59H87NO15/c1-34-18-14-13-15-19-35(2)44(52-50(71-10)31-43(69-8)32-51(52)72-11)30-42-23-21-40(7)59(68,75-42)56(65)57(66)60-25-17-16-20-45(60)58(67)74-48(37(4)28-41-22-24-46(61)49(29-41)70-9)33-47(62)36(3)27-39(6)54(64)55(73-12)53(63)38(5)26-34/h13-15,18-19,27,31-32,34,36-38,40-42,44-46,48-49,54-55,61,64,68H,16-17,20-26,28-30,33H2,1-12H3/b15-13?,18-14+,35-19?,39-27+/t34-,36-,37-,38-,40-,41+,42+,44?,45+,46-,48+,49-,54-,55+,59-/m1/s1. The number of ether oxygens (including phenoxy) is 7. The number of aliphatic hydroxyl groups is 3. The van der Waals surface area contributed by atoms with Gasteiger partial charge in [-0.25, -0.2) is 4.79 Å². The van der Waals surface area contributed by atoms with Crippen LogP contribution in [-0.2, 0) is 42.9 Å². The van der Waals surface area contributed by atoms with Crippen LogP contribution < -0.4 is 14.2 Å². The third kappa shape index (κ3) is 15.3. The van der Waals surface area contributed by atoms with Crippen molar-refractivity contribution in [1.29, 1.82) is 0 Å². The van der Waals surface area contributed by atoms with Crippen LogP contribution in [0.25, 0.3) is 0 Å². The molecule has 3 fully saturated rings. The quantitative estimate of drug-likeness (QED) is 0.122. The maximum absolute atomic E-state index is 14.6. The van der Waals surface area contributed by atoms with Gasteiger partial charge in [-0.1, -0.05) is 76.6 Å². The molecule has 1 saturated carbocycles. The number of nitrogens with zero attached hydrogens (tertiary/aromatic N) is 1. The SMILES string of the molecule is COc1cc(OC)c(C2C[C@@H]3CC[C@@H](C)[C@@](O)(O3)C(=O)C(=O)N3CCCC[C@H]3C(=O)O[C@H]([C@H](C)C[C@@H]3CC[C@@H](O)[C@H](OC)C3)CC(=O)[C@H](C)/C=C(\C)[C@@H](O)[C@@H](OC)C(=O)[C@H](C)C[C@H](C)/C=C/C=CC=C2C)c(OC)c1. The predicted octanol–water partition coefficient (Wildman–Crippen LogP) is 7.98. The molecule has 3 heterocycles. The summed E-state index contributed by atoms with van der Waals surface area (Å²) in [7, 11) is 7.58. The molecule has 75 heavy (non-hydrogen) atoms. The minimum absolute atomic E-state index is 0.0327. The van der Waals surface area contributed by atoms with Crippen LogP contribution in [0, 0.1) is 35.5 Å². The summed E-state index contributed by atoms with van der Waals surface area (Å²) < 4.78 is 41.4. The minimum Gasteiger partial charge on any atom is -0.496 e. The number of piperidine rings is 1. The fourth-order valence-electron chi connectivity index (χ4n) is 11.6. The molecule has 1 amide bonds. The van der Waals surface area contributed by atoms with Gasteiger partial charge in [-0.2, -0.15) is 0 Å². The number of carbonyl (C=O) groups excluding carboxylic acids is 5. The molecule has 2 saturated heterocycles. The molecule has 16 heteroatoms. The van der Waals surface area contributed by atoms with E-state index in [-0.39, 0.29) is 61.2 Å². The highest BCUT2D eigenvalue weighted by atomic mass is 16.6. The number of cyclic esters (lactones) is 1. The Kier molecular flexibility index (Phi) is 22.9. The zero-order valence-electron chi connectivity index (χ0n) is 46.6. The molecule has 0 aromatic heterocycles. The third-order valence-electron chi connectivity index (χ3n) is 16.4. The first kappa shape index (κ1) is 61.1. The van der Waals surface area contributed by atoms with Crippen LogP contribution in [-0.4, -0.2) is 140 Å². The first-order chi connectivity index (χ1) is 35.6. The van der Waals surface area contributed by atoms with Gasteiger partial charge in [0, 0.05) is 68.6 Å². The summed E-state index contributed by atoms with van der Waals surface area (Å²) >= 11 is 0. The number of carbonyl (C=O) groups is 5. The summed E-state index contributed by atoms with van der Waals surface area (Å²) in [5.41, 5.74) is 1.93. The third-order valence-corrected chi connectivity index (χ3v) is 16.4. The van der Waals surface area contributed by atoms with Crippen molar-refractivity contribution in [3.8, 4) is 17.2 Å². The second kappa shape index (κ2) is 28.1. The van der Waals surface area contributed by atoms with Gasteiger partial charge in [-0.05, 0) is 108 Å². The number of fused-ring (bicyclic) bond motifs is 3. The van der Waals surface area contributed by atoms with Gasteiger partial charge in [0.15, 0.2) is 5.78 Å². The Morgan fingerprint density at radius 1 is 0.800 bits per heavy atom. The largest absolute Gasteiger partial charge is 0.496 e. The lowest BCUT2D eigenvalue weighted by molar-refractivity contribution is -0.264. The first-order valence-corrected chi connectivity index (χ1v) is 27.1. The van der Waals surface area contributed by atoms with Crippen LogP contribution in [0.15, 0.2) is 59.7 Å². The lowest BCUT2D eigenvalue weighted by atomic mass is 9.78. The molecule has 0 spiro atoms. The summed E-state index contributed by atoms with van der Waals surface area (Å²) in [6, 6.07) is 2.33. The second-order valence-corrected chi connectivity index (χ2v) is 21.9. The van der Waals surface area contributed by atoms with Crippen LogP contribution in [0.3, 0.4) is 0 Å². The number of allylic oxidation sites excluding steroid dienone is 7. The molecule has 2 bridgehead atoms. The number of aliphatic hydroxyl groups excluding tert-OH is 2. The van der Waals surface area contributed by atoms with Crippen LogP contribution in [0.2, 0.25) is 0 Å². The highest BCUT2D eigenvalue weighted by molar-refractivity contribution is 6.39. The topological polar surface area (TPSA) is 214 Å². The van der Waals surface area contributed by atoms with Crippen molar-refractivity contribution in [3.63, 3.8) is 0 Å². The highest BCUT2D eigenvalue weighted by Crippen LogP contribution is 2.47. The number of rotatable bonds is 9. The molecule has 3 N–H and O–H groups in total. The summed E-state index contributed by atoms with van der Waals surface area (Å²) in [4.78, 5) is 73.2. The molecule has 1 aromatic rings. The van der Waals surface area contributed by atoms with E-state index in [1.807, 2.05) is 58.1 Å². The molecular weight excluding hydrogens is 963 g/mol. The molecule has 3 aliphatic heterocycles. The van der Waals surface area contributed by atoms with Crippen molar-refractivity contribution in [2.75, 3.05) is 42.1 Å². The van der Waals surface area contributed by atoms with E-state index in [9.17, 15) is 39.3 Å². The predicted molar refractivity (Wildman–Crippen MR) is 283 cm³/mol. The van der Waals surface area contributed by atoms with E-state index in [1.54, 1.807) is 67.4 Å². The normalized spacial score (nSPS) is 35.3. The molecule has 15 atom stereocenters. The average molecular weight is 1050 g/mol. The molecule has 1 aromatic carbocycles. The van der Waals surface area contributed by atoms with Gasteiger partial charge in [-0.3, -0.25) is 19.2 Å². The molecular formula is C59H87NO15. The van der Waals surface area contributed by atoms with E-state index in [2.05, 4.69) is 0 Å². The van der Waals surface area contributed by atoms with Gasteiger partial charge < -0.3 is 53.4 Å². The molecule has 1 aliphatic carbocycles. The van der Waals surface area contributed by atoms with E-state index >= 15 is 0 Å². The van der Waals surface area contributed by atoms with E-state index < -0.39 is 83.7 Å². The van der Waals surface area contributed by atoms with Crippen molar-refractivity contribution in [2.24, 2.45) is 35.5 Å². The Morgan fingerprint density at radius 3 is 2.13 bits per heavy atom. The van der Waals surface area contributed by atoms with Gasteiger partial charge in [0.2, 0.25) is 5.79 Å². The summed E-state index contributed by atoms with van der Waals surface area (Å²) in [6.45, 7) is 12.7. The number of hydrogen-bond acceptors (Lipinski definition) is 15. The molecule has 0 radical (unpaired) electrons.